The number of amides is 1. The van der Waals surface area contributed by atoms with E-state index in [2.05, 4.69) is 34.9 Å². The Balaban J connectivity index is 0.00000133. The van der Waals surface area contributed by atoms with Crippen LogP contribution in [0.2, 0.25) is 0 Å². The minimum atomic E-state index is 0. The van der Waals surface area contributed by atoms with Crippen molar-refractivity contribution >= 4 is 18.3 Å². The standard InChI is InChI=1S/C15H20N2O.ClH/c18-15(14-9-4-10-16-14)17-13-8-3-6-11-5-1-2-7-12(11)13;/h1-2,5,7,13-14,16H,3-4,6,8-10H2,(H,17,18);1H/t13-,14+;/m1./s1. The smallest absolute Gasteiger partial charge is 0.237 e. The molecule has 0 bridgehead atoms. The highest BCUT2D eigenvalue weighted by Gasteiger charge is 2.26. The number of fused-ring (bicyclic) bond motifs is 1. The molecule has 0 unspecified atom stereocenters. The number of rotatable bonds is 2. The zero-order valence-corrected chi connectivity index (χ0v) is 11.8. The Morgan fingerprint density at radius 3 is 2.84 bits per heavy atom. The van der Waals surface area contributed by atoms with Crippen LogP contribution in [0.1, 0.15) is 42.9 Å². The van der Waals surface area contributed by atoms with Crippen LogP contribution in [0, 0.1) is 0 Å². The van der Waals surface area contributed by atoms with Gasteiger partial charge in [-0.15, -0.1) is 12.4 Å². The van der Waals surface area contributed by atoms with Crippen LogP contribution in [0.3, 0.4) is 0 Å². The molecule has 2 atom stereocenters. The van der Waals surface area contributed by atoms with Crippen molar-refractivity contribution in [1.82, 2.24) is 10.6 Å². The molecule has 1 saturated heterocycles. The lowest BCUT2D eigenvalue weighted by atomic mass is 9.87. The monoisotopic (exact) mass is 280 g/mol. The maximum atomic E-state index is 12.1. The number of benzene rings is 1. The number of nitrogens with one attached hydrogen (secondary N) is 2. The first-order chi connectivity index (χ1) is 8.84. The van der Waals surface area contributed by atoms with Crippen molar-refractivity contribution in [3.05, 3.63) is 35.4 Å². The summed E-state index contributed by atoms with van der Waals surface area (Å²) in [5, 5.41) is 6.47. The summed E-state index contributed by atoms with van der Waals surface area (Å²) < 4.78 is 0. The van der Waals surface area contributed by atoms with Gasteiger partial charge in [0.05, 0.1) is 12.1 Å². The molecule has 1 heterocycles. The Kier molecular flexibility index (Phi) is 4.83. The molecule has 1 aromatic rings. The lowest BCUT2D eigenvalue weighted by Crippen LogP contribution is -2.42. The number of aryl methyl sites for hydroxylation is 1. The fourth-order valence-electron chi connectivity index (χ4n) is 3.08. The first kappa shape index (κ1) is 14.4. The van der Waals surface area contributed by atoms with Gasteiger partial charge in [-0.25, -0.2) is 0 Å². The summed E-state index contributed by atoms with van der Waals surface area (Å²) in [7, 11) is 0. The second-order valence-electron chi connectivity index (χ2n) is 5.30. The van der Waals surface area contributed by atoms with Crippen molar-refractivity contribution in [3.63, 3.8) is 0 Å². The van der Waals surface area contributed by atoms with Crippen molar-refractivity contribution in [2.75, 3.05) is 6.54 Å². The third kappa shape index (κ3) is 3.10. The van der Waals surface area contributed by atoms with Gasteiger partial charge in [0.2, 0.25) is 5.91 Å². The van der Waals surface area contributed by atoms with E-state index in [1.54, 1.807) is 0 Å². The molecule has 0 spiro atoms. The minimum absolute atomic E-state index is 0. The predicted molar refractivity (Wildman–Crippen MR) is 78.5 cm³/mol. The van der Waals surface area contributed by atoms with Crippen molar-refractivity contribution in [3.8, 4) is 0 Å². The van der Waals surface area contributed by atoms with Crippen LogP contribution in [0.15, 0.2) is 24.3 Å². The van der Waals surface area contributed by atoms with Crippen molar-refractivity contribution in [2.45, 2.75) is 44.2 Å². The summed E-state index contributed by atoms with van der Waals surface area (Å²) in [4.78, 5) is 12.1. The topological polar surface area (TPSA) is 41.1 Å². The highest BCUT2D eigenvalue weighted by atomic mass is 35.5. The number of hydrogen-bond acceptors (Lipinski definition) is 2. The first-order valence-electron chi connectivity index (χ1n) is 6.96. The predicted octanol–water partition coefficient (Wildman–Crippen LogP) is 2.35. The average molecular weight is 281 g/mol. The van der Waals surface area contributed by atoms with Gasteiger partial charge in [-0.3, -0.25) is 4.79 Å². The highest BCUT2D eigenvalue weighted by Crippen LogP contribution is 2.29. The summed E-state index contributed by atoms with van der Waals surface area (Å²) in [6.07, 6.45) is 5.46. The molecular weight excluding hydrogens is 260 g/mol. The van der Waals surface area contributed by atoms with Crippen LogP contribution < -0.4 is 10.6 Å². The molecule has 1 amide bonds. The molecule has 4 heteroatoms. The van der Waals surface area contributed by atoms with Crippen molar-refractivity contribution < 1.29 is 4.79 Å². The molecule has 1 fully saturated rings. The molecule has 19 heavy (non-hydrogen) atoms. The van der Waals surface area contributed by atoms with Crippen LogP contribution in [-0.2, 0) is 11.2 Å². The van der Waals surface area contributed by atoms with Gasteiger partial charge in [0.1, 0.15) is 0 Å². The Hall–Kier alpha value is -1.06. The van der Waals surface area contributed by atoms with Crippen LogP contribution >= 0.6 is 12.4 Å². The first-order valence-corrected chi connectivity index (χ1v) is 6.96. The molecule has 3 rings (SSSR count). The zero-order chi connectivity index (χ0) is 12.4. The van der Waals surface area contributed by atoms with E-state index < -0.39 is 0 Å². The summed E-state index contributed by atoms with van der Waals surface area (Å²) in [6, 6.07) is 8.73. The van der Waals surface area contributed by atoms with Crippen LogP contribution in [0.25, 0.3) is 0 Å². The van der Waals surface area contributed by atoms with Gasteiger partial charge in [0.15, 0.2) is 0 Å². The second kappa shape index (κ2) is 6.40. The average Bonchev–Trinajstić information content (AvgIpc) is 2.93. The summed E-state index contributed by atoms with van der Waals surface area (Å²) in [5.74, 6) is 0.175. The van der Waals surface area contributed by atoms with Crippen LogP contribution in [-0.4, -0.2) is 18.5 Å². The van der Waals surface area contributed by atoms with E-state index in [1.807, 2.05) is 0 Å². The minimum Gasteiger partial charge on any atom is -0.348 e. The maximum absolute atomic E-state index is 12.1. The second-order valence-corrected chi connectivity index (χ2v) is 5.30. The number of carbonyl (C=O) groups is 1. The Morgan fingerprint density at radius 2 is 2.05 bits per heavy atom. The summed E-state index contributed by atoms with van der Waals surface area (Å²) in [6.45, 7) is 0.972. The number of carbonyl (C=O) groups excluding carboxylic acids is 1. The fraction of sp³-hybridized carbons (Fsp3) is 0.533. The molecule has 2 aliphatic rings. The van der Waals surface area contributed by atoms with Crippen molar-refractivity contribution in [1.29, 1.82) is 0 Å². The molecular formula is C15H21ClN2O. The normalized spacial score (nSPS) is 25.3. The van der Waals surface area contributed by atoms with Gasteiger partial charge >= 0.3 is 0 Å². The quantitative estimate of drug-likeness (QED) is 0.873. The SMILES string of the molecule is Cl.O=C(N[C@@H]1CCCc2ccccc21)[C@@H]1CCCN1. The molecule has 0 saturated carbocycles. The van der Waals surface area contributed by atoms with E-state index in [4.69, 9.17) is 0 Å². The Morgan fingerprint density at radius 1 is 1.21 bits per heavy atom. The van der Waals surface area contributed by atoms with E-state index in [0.717, 1.165) is 32.2 Å². The van der Waals surface area contributed by atoms with Crippen molar-refractivity contribution in [2.24, 2.45) is 0 Å². The van der Waals surface area contributed by atoms with Gasteiger partial charge in [-0.05, 0) is 49.8 Å². The maximum Gasteiger partial charge on any atom is 0.237 e. The van der Waals surface area contributed by atoms with Gasteiger partial charge in [0, 0.05) is 0 Å². The van der Waals surface area contributed by atoms with Gasteiger partial charge < -0.3 is 10.6 Å². The fourth-order valence-corrected chi connectivity index (χ4v) is 3.08. The largest absolute Gasteiger partial charge is 0.348 e. The molecule has 3 nitrogen and oxygen atoms in total. The molecule has 0 aromatic heterocycles. The van der Waals surface area contributed by atoms with E-state index in [9.17, 15) is 4.79 Å². The summed E-state index contributed by atoms with van der Waals surface area (Å²) >= 11 is 0. The molecule has 1 aliphatic carbocycles. The van der Waals surface area contributed by atoms with E-state index in [1.165, 1.54) is 17.5 Å². The molecule has 104 valence electrons. The van der Waals surface area contributed by atoms with Gasteiger partial charge in [0.25, 0.3) is 0 Å². The zero-order valence-electron chi connectivity index (χ0n) is 11.0. The number of halogens is 1. The van der Waals surface area contributed by atoms with Crippen LogP contribution in [0.5, 0.6) is 0 Å². The Bertz CT molecular complexity index is 444. The van der Waals surface area contributed by atoms with E-state index in [-0.39, 0.29) is 30.4 Å². The number of hydrogen-bond donors (Lipinski definition) is 2. The molecule has 2 N–H and O–H groups in total. The Labute approximate surface area is 120 Å². The van der Waals surface area contributed by atoms with Crippen LogP contribution in [0.4, 0.5) is 0 Å². The molecule has 1 aromatic carbocycles. The van der Waals surface area contributed by atoms with Gasteiger partial charge in [-0.2, -0.15) is 0 Å². The highest BCUT2D eigenvalue weighted by molar-refractivity contribution is 5.85. The molecule has 0 radical (unpaired) electrons. The summed E-state index contributed by atoms with van der Waals surface area (Å²) in [5.41, 5.74) is 2.71. The van der Waals surface area contributed by atoms with Gasteiger partial charge in [-0.1, -0.05) is 24.3 Å². The van der Waals surface area contributed by atoms with E-state index in [0.29, 0.717) is 0 Å². The lowest BCUT2D eigenvalue weighted by Gasteiger charge is -2.27. The molecule has 1 aliphatic heterocycles. The third-order valence-corrected chi connectivity index (χ3v) is 4.06. The lowest BCUT2D eigenvalue weighted by molar-refractivity contribution is -0.123. The van der Waals surface area contributed by atoms with E-state index >= 15 is 0 Å². The third-order valence-electron chi connectivity index (χ3n) is 4.06.